The Hall–Kier alpha value is -2.02. The van der Waals surface area contributed by atoms with Crippen LogP contribution in [-0.2, 0) is 6.18 Å². The first-order valence-electron chi connectivity index (χ1n) is 8.28. The molecule has 0 aromatic heterocycles. The van der Waals surface area contributed by atoms with E-state index in [4.69, 9.17) is 5.41 Å². The number of nitrogens with zero attached hydrogens (tertiary/aromatic N) is 1. The van der Waals surface area contributed by atoms with Crippen LogP contribution in [0.25, 0.3) is 0 Å². The molecule has 0 aliphatic heterocycles. The van der Waals surface area contributed by atoms with E-state index in [0.29, 0.717) is 17.2 Å². The van der Waals surface area contributed by atoms with E-state index in [9.17, 15) is 13.2 Å². The molecule has 1 aliphatic carbocycles. The largest absolute Gasteiger partial charge is 0.417 e. The molecule has 7 heteroatoms. The van der Waals surface area contributed by atoms with E-state index >= 15 is 0 Å². The van der Waals surface area contributed by atoms with E-state index in [-0.39, 0.29) is 16.0 Å². The minimum absolute atomic E-state index is 0.0665. The molecule has 0 spiro atoms. The number of anilines is 2. The molecular weight excluding hydrogens is 407 g/mol. The molecule has 3 nitrogen and oxygen atoms in total. The molecule has 3 rings (SSSR count). The fraction of sp³-hybridized carbons (Fsp3) is 0.316. The molecule has 0 heterocycles. The Balaban J connectivity index is 2.00. The summed E-state index contributed by atoms with van der Waals surface area (Å²) in [4.78, 5) is 1.79. The Bertz CT molecular complexity index is 802. The Labute approximate surface area is 158 Å². The lowest BCUT2D eigenvalue weighted by molar-refractivity contribution is -0.138. The third kappa shape index (κ3) is 4.38. The zero-order valence-corrected chi connectivity index (χ0v) is 15.8. The van der Waals surface area contributed by atoms with Gasteiger partial charge in [-0.2, -0.15) is 13.2 Å². The van der Waals surface area contributed by atoms with E-state index < -0.39 is 11.7 Å². The summed E-state index contributed by atoms with van der Waals surface area (Å²) in [5, 5.41) is 11.5. The van der Waals surface area contributed by atoms with Crippen LogP contribution in [0.4, 0.5) is 24.5 Å². The van der Waals surface area contributed by atoms with Crippen molar-refractivity contribution in [2.45, 2.75) is 19.0 Å². The molecule has 0 unspecified atom stereocenters. The van der Waals surface area contributed by atoms with E-state index in [1.807, 2.05) is 6.07 Å². The van der Waals surface area contributed by atoms with Gasteiger partial charge in [-0.05, 0) is 43.0 Å². The summed E-state index contributed by atoms with van der Waals surface area (Å²) in [6.45, 7) is 0.738. The van der Waals surface area contributed by atoms with Crippen LogP contribution in [0.3, 0.4) is 0 Å². The third-order valence-corrected chi connectivity index (χ3v) is 4.99. The zero-order chi connectivity index (χ0) is 18.9. The number of hydrogen-bond donors (Lipinski definition) is 2. The quantitative estimate of drug-likeness (QED) is 0.463. The van der Waals surface area contributed by atoms with Gasteiger partial charge in [0.25, 0.3) is 0 Å². The molecule has 138 valence electrons. The Morgan fingerprint density at radius 2 is 1.88 bits per heavy atom. The second kappa shape index (κ2) is 7.31. The highest BCUT2D eigenvalue weighted by atomic mass is 79.9. The van der Waals surface area contributed by atoms with Gasteiger partial charge in [0.15, 0.2) is 0 Å². The number of benzene rings is 2. The fourth-order valence-corrected chi connectivity index (χ4v) is 3.32. The maximum atomic E-state index is 13.3. The van der Waals surface area contributed by atoms with Gasteiger partial charge in [0.05, 0.1) is 11.3 Å². The Morgan fingerprint density at radius 1 is 1.23 bits per heavy atom. The van der Waals surface area contributed by atoms with Crippen LogP contribution in [0.5, 0.6) is 0 Å². The van der Waals surface area contributed by atoms with Crippen molar-refractivity contribution in [3.63, 3.8) is 0 Å². The molecule has 1 fully saturated rings. The van der Waals surface area contributed by atoms with E-state index in [1.165, 1.54) is 6.07 Å². The van der Waals surface area contributed by atoms with Crippen LogP contribution in [0.15, 0.2) is 46.9 Å². The smallest absolute Gasteiger partial charge is 0.359 e. The van der Waals surface area contributed by atoms with Crippen LogP contribution in [0.2, 0.25) is 0 Å². The maximum Gasteiger partial charge on any atom is 0.417 e. The van der Waals surface area contributed by atoms with Gasteiger partial charge in [-0.3, -0.25) is 5.41 Å². The van der Waals surface area contributed by atoms with Crippen LogP contribution in [0.1, 0.15) is 24.0 Å². The van der Waals surface area contributed by atoms with Gasteiger partial charge in [0.1, 0.15) is 5.84 Å². The van der Waals surface area contributed by atoms with Gasteiger partial charge < -0.3 is 10.2 Å². The minimum Gasteiger partial charge on any atom is -0.359 e. The number of nitrogens with one attached hydrogen (secondary N) is 2. The van der Waals surface area contributed by atoms with Crippen molar-refractivity contribution in [2.75, 3.05) is 18.9 Å². The van der Waals surface area contributed by atoms with Crippen LogP contribution in [0, 0.1) is 11.3 Å². The van der Waals surface area contributed by atoms with E-state index in [2.05, 4.69) is 21.2 Å². The SMILES string of the molecule is CN(CC1CC1)C(=N)c1cc(Br)c(C(F)(F)F)cc1Nc1ccccc1. The summed E-state index contributed by atoms with van der Waals surface area (Å²) >= 11 is 3.02. The van der Waals surface area contributed by atoms with Crippen molar-refractivity contribution >= 4 is 33.1 Å². The van der Waals surface area contributed by atoms with Gasteiger partial charge in [-0.25, -0.2) is 0 Å². The molecule has 2 aromatic carbocycles. The van der Waals surface area contributed by atoms with E-state index in [1.54, 1.807) is 36.2 Å². The zero-order valence-electron chi connectivity index (χ0n) is 14.2. The molecule has 0 radical (unpaired) electrons. The second-order valence-electron chi connectivity index (χ2n) is 6.54. The normalized spacial score (nSPS) is 14.2. The first-order chi connectivity index (χ1) is 12.3. The summed E-state index contributed by atoms with van der Waals surface area (Å²) in [6.07, 6.45) is -2.19. The molecule has 0 amide bonds. The molecule has 2 N–H and O–H groups in total. The highest BCUT2D eigenvalue weighted by molar-refractivity contribution is 9.10. The summed E-state index contributed by atoms with van der Waals surface area (Å²) in [5.74, 6) is 0.772. The third-order valence-electron chi connectivity index (χ3n) is 4.33. The lowest BCUT2D eigenvalue weighted by Crippen LogP contribution is -2.29. The van der Waals surface area contributed by atoms with Gasteiger partial charge in [0, 0.05) is 29.3 Å². The number of amidine groups is 1. The topological polar surface area (TPSA) is 39.1 Å². The molecule has 0 atom stereocenters. The number of hydrogen-bond acceptors (Lipinski definition) is 2. The number of alkyl halides is 3. The predicted octanol–water partition coefficient (Wildman–Crippen LogP) is 5.88. The van der Waals surface area contributed by atoms with Crippen LogP contribution < -0.4 is 5.32 Å². The molecule has 0 saturated heterocycles. The standard InChI is InChI=1S/C19H19BrF3N3/c1-26(11-12-7-8-12)18(24)14-9-16(20)15(19(21,22)23)10-17(14)25-13-5-3-2-4-6-13/h2-6,9-10,12,24-25H,7-8,11H2,1H3. The number of para-hydroxylation sites is 1. The highest BCUT2D eigenvalue weighted by Crippen LogP contribution is 2.39. The predicted molar refractivity (Wildman–Crippen MR) is 101 cm³/mol. The van der Waals surface area contributed by atoms with Crippen molar-refractivity contribution in [1.29, 1.82) is 5.41 Å². The lowest BCUT2D eigenvalue weighted by Gasteiger charge is -2.23. The first kappa shape index (κ1) is 18.8. The molecule has 1 aliphatic rings. The number of rotatable bonds is 5. The average Bonchev–Trinajstić information content (AvgIpc) is 3.39. The van der Waals surface area contributed by atoms with Crippen molar-refractivity contribution in [3.8, 4) is 0 Å². The van der Waals surface area contributed by atoms with Crippen molar-refractivity contribution < 1.29 is 13.2 Å². The van der Waals surface area contributed by atoms with Gasteiger partial charge in [0.2, 0.25) is 0 Å². The summed E-state index contributed by atoms with van der Waals surface area (Å²) in [7, 11) is 1.80. The monoisotopic (exact) mass is 425 g/mol. The van der Waals surface area contributed by atoms with Crippen molar-refractivity contribution in [1.82, 2.24) is 4.90 Å². The first-order valence-corrected chi connectivity index (χ1v) is 9.08. The maximum absolute atomic E-state index is 13.3. The Kier molecular flexibility index (Phi) is 5.27. The molecule has 0 bridgehead atoms. The fourth-order valence-electron chi connectivity index (χ4n) is 2.75. The minimum atomic E-state index is -4.48. The van der Waals surface area contributed by atoms with Crippen molar-refractivity contribution in [2.24, 2.45) is 5.92 Å². The van der Waals surface area contributed by atoms with Crippen LogP contribution in [-0.4, -0.2) is 24.3 Å². The summed E-state index contributed by atoms with van der Waals surface area (Å²) in [6, 6.07) is 11.4. The van der Waals surface area contributed by atoms with E-state index in [0.717, 1.165) is 25.5 Å². The Morgan fingerprint density at radius 3 is 2.46 bits per heavy atom. The van der Waals surface area contributed by atoms with Crippen LogP contribution >= 0.6 is 15.9 Å². The van der Waals surface area contributed by atoms with Gasteiger partial charge >= 0.3 is 6.18 Å². The molecule has 26 heavy (non-hydrogen) atoms. The summed E-state index contributed by atoms with van der Waals surface area (Å²) < 4.78 is 39.9. The molecular formula is C19H19BrF3N3. The molecule has 1 saturated carbocycles. The average molecular weight is 426 g/mol. The molecule has 2 aromatic rings. The number of halogens is 4. The lowest BCUT2D eigenvalue weighted by atomic mass is 10.1. The van der Waals surface area contributed by atoms with Gasteiger partial charge in [-0.1, -0.05) is 34.1 Å². The van der Waals surface area contributed by atoms with Gasteiger partial charge in [-0.15, -0.1) is 0 Å². The second-order valence-corrected chi connectivity index (χ2v) is 7.39. The van der Waals surface area contributed by atoms with Crippen molar-refractivity contribution in [3.05, 3.63) is 58.1 Å². The summed E-state index contributed by atoms with van der Waals surface area (Å²) in [5.41, 5.74) is 0.593. The highest BCUT2D eigenvalue weighted by Gasteiger charge is 2.34.